The van der Waals surface area contributed by atoms with Crippen LogP contribution in [0.5, 0.6) is 0 Å². The molecule has 2 nitrogen and oxygen atoms in total. The van der Waals surface area contributed by atoms with E-state index in [0.29, 0.717) is 0 Å². The molecule has 0 unspecified atom stereocenters. The van der Waals surface area contributed by atoms with Gasteiger partial charge in [-0.3, -0.25) is 0 Å². The summed E-state index contributed by atoms with van der Waals surface area (Å²) in [4.78, 5) is 4.31. The van der Waals surface area contributed by atoms with Gasteiger partial charge in [-0.1, -0.05) is 97.9 Å². The van der Waals surface area contributed by atoms with Crippen molar-refractivity contribution in [3.05, 3.63) is 125 Å². The molecule has 0 atom stereocenters. The van der Waals surface area contributed by atoms with Gasteiger partial charge in [0.15, 0.2) is 0 Å². The standard InChI is InChI=1S/C22H17ClN2.CH4/c23-21-14-8-7-13-20(21)22(25-16-15-24-17-25,18-9-3-1-4-10-18)19-11-5-2-6-12-19;/h1-17H;1H4. The van der Waals surface area contributed by atoms with E-state index in [4.69, 9.17) is 11.6 Å². The van der Waals surface area contributed by atoms with Gasteiger partial charge >= 0.3 is 0 Å². The van der Waals surface area contributed by atoms with Crippen LogP contribution in [0.4, 0.5) is 0 Å². The summed E-state index contributed by atoms with van der Waals surface area (Å²) >= 11 is 6.69. The van der Waals surface area contributed by atoms with Gasteiger partial charge < -0.3 is 4.57 Å². The Hall–Kier alpha value is -2.84. The second-order valence-corrected chi connectivity index (χ2v) is 6.30. The van der Waals surface area contributed by atoms with Crippen molar-refractivity contribution in [2.24, 2.45) is 0 Å². The highest BCUT2D eigenvalue weighted by molar-refractivity contribution is 6.31. The molecule has 0 N–H and O–H groups in total. The molecule has 0 radical (unpaired) electrons. The summed E-state index contributed by atoms with van der Waals surface area (Å²) < 4.78 is 2.12. The van der Waals surface area contributed by atoms with Crippen LogP contribution < -0.4 is 0 Å². The third kappa shape index (κ3) is 2.83. The Balaban J connectivity index is 0.00000196. The Morgan fingerprint density at radius 1 is 0.731 bits per heavy atom. The molecule has 0 aliphatic rings. The van der Waals surface area contributed by atoms with Crippen LogP contribution in [-0.4, -0.2) is 9.55 Å². The summed E-state index contributed by atoms with van der Waals surface area (Å²) in [7, 11) is 0. The topological polar surface area (TPSA) is 17.8 Å². The van der Waals surface area contributed by atoms with Crippen molar-refractivity contribution in [1.29, 1.82) is 0 Å². The monoisotopic (exact) mass is 360 g/mol. The third-order valence-corrected chi connectivity index (χ3v) is 4.87. The molecule has 0 aliphatic carbocycles. The summed E-state index contributed by atoms with van der Waals surface area (Å²) in [5.74, 6) is 0. The second kappa shape index (κ2) is 7.59. The van der Waals surface area contributed by atoms with Crippen LogP contribution in [0.3, 0.4) is 0 Å². The molecule has 0 aliphatic heterocycles. The molecule has 0 saturated carbocycles. The van der Waals surface area contributed by atoms with Crippen LogP contribution in [0.15, 0.2) is 104 Å². The van der Waals surface area contributed by atoms with Crippen LogP contribution in [0, 0.1) is 0 Å². The Morgan fingerprint density at radius 2 is 1.27 bits per heavy atom. The third-order valence-electron chi connectivity index (χ3n) is 4.54. The van der Waals surface area contributed by atoms with E-state index in [0.717, 1.165) is 21.7 Å². The number of imidazole rings is 1. The zero-order valence-corrected chi connectivity index (χ0v) is 14.3. The van der Waals surface area contributed by atoms with Gasteiger partial charge in [0.25, 0.3) is 0 Å². The summed E-state index contributed by atoms with van der Waals surface area (Å²) in [6.45, 7) is 0. The largest absolute Gasteiger partial charge is 0.319 e. The molecule has 0 bridgehead atoms. The molecule has 0 saturated heterocycles. The van der Waals surface area contributed by atoms with Gasteiger partial charge in [-0.25, -0.2) is 4.98 Å². The molecule has 0 amide bonds. The number of aromatic nitrogens is 2. The van der Waals surface area contributed by atoms with E-state index in [-0.39, 0.29) is 7.43 Å². The normalized spacial score (nSPS) is 11.0. The minimum Gasteiger partial charge on any atom is -0.319 e. The molecule has 4 aromatic rings. The van der Waals surface area contributed by atoms with Gasteiger partial charge in [0.05, 0.1) is 6.33 Å². The minimum absolute atomic E-state index is 0. The maximum atomic E-state index is 6.69. The van der Waals surface area contributed by atoms with Gasteiger partial charge in [0.2, 0.25) is 0 Å². The molecule has 130 valence electrons. The smallest absolute Gasteiger partial charge is 0.123 e. The number of halogens is 1. The van der Waals surface area contributed by atoms with E-state index in [1.165, 1.54) is 0 Å². The molecule has 1 aromatic heterocycles. The average Bonchev–Trinajstić information content (AvgIpc) is 3.21. The first-order chi connectivity index (χ1) is 12.3. The summed E-state index contributed by atoms with van der Waals surface area (Å²) in [6, 6.07) is 28.8. The molecular formula is C23H21ClN2. The summed E-state index contributed by atoms with van der Waals surface area (Å²) in [5, 5.41) is 0.726. The summed E-state index contributed by atoms with van der Waals surface area (Å²) in [5.41, 5.74) is 2.70. The van der Waals surface area contributed by atoms with Crippen molar-refractivity contribution in [3.8, 4) is 0 Å². The molecular weight excluding hydrogens is 340 g/mol. The minimum atomic E-state index is -0.586. The summed E-state index contributed by atoms with van der Waals surface area (Å²) in [6.07, 6.45) is 5.64. The number of hydrogen-bond acceptors (Lipinski definition) is 1. The lowest BCUT2D eigenvalue weighted by atomic mass is 9.76. The van der Waals surface area contributed by atoms with Crippen molar-refractivity contribution in [2.45, 2.75) is 13.0 Å². The van der Waals surface area contributed by atoms with Crippen LogP contribution in [0.2, 0.25) is 5.02 Å². The van der Waals surface area contributed by atoms with E-state index < -0.39 is 5.54 Å². The zero-order valence-electron chi connectivity index (χ0n) is 13.6. The fraction of sp³-hybridized carbons (Fsp3) is 0.0870. The molecule has 3 heteroatoms. The van der Waals surface area contributed by atoms with Crippen molar-refractivity contribution < 1.29 is 0 Å². The number of hydrogen-bond donors (Lipinski definition) is 0. The van der Waals surface area contributed by atoms with Crippen molar-refractivity contribution in [1.82, 2.24) is 9.55 Å². The first-order valence-electron chi connectivity index (χ1n) is 8.18. The number of rotatable bonds is 4. The van der Waals surface area contributed by atoms with Gasteiger partial charge in [-0.05, 0) is 17.2 Å². The first-order valence-corrected chi connectivity index (χ1v) is 8.56. The quantitative estimate of drug-likeness (QED) is 0.407. The Labute approximate surface area is 159 Å². The van der Waals surface area contributed by atoms with Crippen LogP contribution in [0.1, 0.15) is 24.1 Å². The predicted octanol–water partition coefficient (Wildman–Crippen LogP) is 6.01. The lowest BCUT2D eigenvalue weighted by molar-refractivity contribution is 0.515. The second-order valence-electron chi connectivity index (χ2n) is 5.89. The number of nitrogens with zero attached hydrogens (tertiary/aromatic N) is 2. The fourth-order valence-electron chi connectivity index (χ4n) is 3.49. The fourth-order valence-corrected chi connectivity index (χ4v) is 3.76. The van der Waals surface area contributed by atoms with Crippen molar-refractivity contribution >= 4 is 11.6 Å². The van der Waals surface area contributed by atoms with Gasteiger partial charge in [-0.2, -0.15) is 0 Å². The molecule has 26 heavy (non-hydrogen) atoms. The predicted molar refractivity (Wildman–Crippen MR) is 109 cm³/mol. The van der Waals surface area contributed by atoms with Crippen molar-refractivity contribution in [2.75, 3.05) is 0 Å². The first kappa shape index (κ1) is 18.0. The van der Waals surface area contributed by atoms with E-state index in [1.54, 1.807) is 6.20 Å². The van der Waals surface area contributed by atoms with Crippen LogP contribution in [0.25, 0.3) is 0 Å². The van der Waals surface area contributed by atoms with E-state index in [9.17, 15) is 0 Å². The maximum Gasteiger partial charge on any atom is 0.123 e. The van der Waals surface area contributed by atoms with E-state index in [2.05, 4.69) is 64.1 Å². The molecule has 3 aromatic carbocycles. The van der Waals surface area contributed by atoms with Gasteiger partial charge in [0.1, 0.15) is 5.54 Å². The molecule has 4 rings (SSSR count). The van der Waals surface area contributed by atoms with E-state index >= 15 is 0 Å². The highest BCUT2D eigenvalue weighted by Gasteiger charge is 2.39. The highest BCUT2D eigenvalue weighted by Crippen LogP contribution is 2.43. The van der Waals surface area contributed by atoms with E-state index in [1.807, 2.05) is 42.9 Å². The lowest BCUT2D eigenvalue weighted by Gasteiger charge is -2.37. The maximum absolute atomic E-state index is 6.69. The van der Waals surface area contributed by atoms with Gasteiger partial charge in [0, 0.05) is 23.0 Å². The highest BCUT2D eigenvalue weighted by atomic mass is 35.5. The number of benzene rings is 3. The molecule has 0 spiro atoms. The van der Waals surface area contributed by atoms with Crippen LogP contribution >= 0.6 is 11.6 Å². The SMILES string of the molecule is C.Clc1ccccc1C(c1ccccc1)(c1ccccc1)n1ccnc1. The van der Waals surface area contributed by atoms with Crippen LogP contribution in [-0.2, 0) is 5.54 Å². The Bertz CT molecular complexity index is 908. The lowest BCUT2D eigenvalue weighted by Crippen LogP contribution is -2.37. The Morgan fingerprint density at radius 3 is 1.77 bits per heavy atom. The Kier molecular flexibility index (Phi) is 5.24. The van der Waals surface area contributed by atoms with Gasteiger partial charge in [-0.15, -0.1) is 0 Å². The molecule has 0 fully saturated rings. The average molecular weight is 361 g/mol. The van der Waals surface area contributed by atoms with Crippen molar-refractivity contribution in [3.63, 3.8) is 0 Å². The molecule has 1 heterocycles. The zero-order chi connectivity index (χ0) is 17.1.